The van der Waals surface area contributed by atoms with Crippen LogP contribution in [-0.4, -0.2) is 85.4 Å². The predicted molar refractivity (Wildman–Crippen MR) is 107 cm³/mol. The van der Waals surface area contributed by atoms with E-state index in [1.807, 2.05) is 13.8 Å². The summed E-state index contributed by atoms with van der Waals surface area (Å²) in [6, 6.07) is 5.20. The summed E-state index contributed by atoms with van der Waals surface area (Å²) in [6.45, 7) is 6.29. The van der Waals surface area contributed by atoms with Crippen LogP contribution in [0.1, 0.15) is 30.6 Å². The van der Waals surface area contributed by atoms with Crippen LogP contribution in [0, 0.1) is 5.92 Å². The molecule has 0 aliphatic carbocycles. The summed E-state index contributed by atoms with van der Waals surface area (Å²) in [5.41, 5.74) is 0.524. The molecule has 2 heterocycles. The van der Waals surface area contributed by atoms with Crippen molar-refractivity contribution >= 4 is 17.7 Å². The number of carbonyl (C=O) groups excluding carboxylic acids is 3. The molecule has 29 heavy (non-hydrogen) atoms. The summed E-state index contributed by atoms with van der Waals surface area (Å²) in [5, 5.41) is 0. The van der Waals surface area contributed by atoms with E-state index in [4.69, 9.17) is 9.47 Å². The van der Waals surface area contributed by atoms with E-state index in [1.165, 1.54) is 7.11 Å². The highest BCUT2D eigenvalue weighted by Crippen LogP contribution is 2.28. The number of ether oxygens (including phenoxy) is 2. The van der Waals surface area contributed by atoms with Gasteiger partial charge in [-0.3, -0.25) is 14.4 Å². The average Bonchev–Trinajstić information content (AvgIpc) is 3.14. The molecule has 0 saturated carbocycles. The molecule has 8 heteroatoms. The molecular weight excluding hydrogens is 374 g/mol. The fraction of sp³-hybridized carbons (Fsp3) is 0.571. The van der Waals surface area contributed by atoms with E-state index in [9.17, 15) is 14.4 Å². The second-order valence-corrected chi connectivity index (χ2v) is 7.73. The monoisotopic (exact) mass is 403 g/mol. The molecule has 1 atom stereocenters. The second-order valence-electron chi connectivity index (χ2n) is 7.73. The first-order valence-corrected chi connectivity index (χ1v) is 9.95. The first-order chi connectivity index (χ1) is 13.8. The van der Waals surface area contributed by atoms with Gasteiger partial charge in [-0.15, -0.1) is 0 Å². The summed E-state index contributed by atoms with van der Waals surface area (Å²) >= 11 is 0. The van der Waals surface area contributed by atoms with Gasteiger partial charge in [0.15, 0.2) is 11.5 Å². The van der Waals surface area contributed by atoms with Crippen molar-refractivity contribution in [1.29, 1.82) is 0 Å². The van der Waals surface area contributed by atoms with Crippen LogP contribution >= 0.6 is 0 Å². The Balaban J connectivity index is 1.58. The Morgan fingerprint density at radius 1 is 1.00 bits per heavy atom. The minimum absolute atomic E-state index is 0.0136. The van der Waals surface area contributed by atoms with E-state index >= 15 is 0 Å². The predicted octanol–water partition coefficient (Wildman–Crippen LogP) is 1.25. The smallest absolute Gasteiger partial charge is 0.254 e. The maximum atomic E-state index is 12.8. The van der Waals surface area contributed by atoms with Gasteiger partial charge in [-0.1, -0.05) is 0 Å². The first kappa shape index (κ1) is 21.0. The van der Waals surface area contributed by atoms with E-state index < -0.39 is 0 Å². The van der Waals surface area contributed by atoms with Crippen LogP contribution in [0.5, 0.6) is 11.5 Å². The number of hydrogen-bond donors (Lipinski definition) is 0. The van der Waals surface area contributed by atoms with Crippen molar-refractivity contribution < 1.29 is 23.9 Å². The highest BCUT2D eigenvalue weighted by Gasteiger charge is 2.38. The van der Waals surface area contributed by atoms with Gasteiger partial charge in [-0.05, 0) is 32.0 Å². The summed E-state index contributed by atoms with van der Waals surface area (Å²) in [6.07, 6.45) is 0.280. The normalized spacial score (nSPS) is 19.7. The number of methoxy groups -OCH3 is 2. The van der Waals surface area contributed by atoms with Crippen LogP contribution in [0.4, 0.5) is 0 Å². The van der Waals surface area contributed by atoms with Gasteiger partial charge >= 0.3 is 0 Å². The lowest BCUT2D eigenvalue weighted by Gasteiger charge is -2.36. The van der Waals surface area contributed by atoms with Crippen LogP contribution in [0.25, 0.3) is 0 Å². The Labute approximate surface area is 171 Å². The summed E-state index contributed by atoms with van der Waals surface area (Å²) in [5.74, 6) is 0.757. The number of likely N-dealkylation sites (tertiary alicyclic amines) is 1. The lowest BCUT2D eigenvalue weighted by molar-refractivity contribution is -0.137. The Morgan fingerprint density at radius 3 is 2.17 bits per heavy atom. The number of rotatable bonds is 5. The fourth-order valence-electron chi connectivity index (χ4n) is 3.94. The summed E-state index contributed by atoms with van der Waals surface area (Å²) in [7, 11) is 3.08. The van der Waals surface area contributed by atoms with Crippen LogP contribution in [-0.2, 0) is 9.59 Å². The lowest BCUT2D eigenvalue weighted by atomic mass is 10.1. The van der Waals surface area contributed by atoms with Gasteiger partial charge in [0.2, 0.25) is 11.8 Å². The molecule has 0 N–H and O–H groups in total. The molecule has 1 unspecified atom stereocenters. The van der Waals surface area contributed by atoms with Crippen molar-refractivity contribution in [2.24, 2.45) is 5.92 Å². The number of amides is 3. The molecular formula is C21H29N3O5. The van der Waals surface area contributed by atoms with Gasteiger partial charge in [0.25, 0.3) is 5.91 Å². The highest BCUT2D eigenvalue weighted by molar-refractivity contribution is 5.95. The Morgan fingerprint density at radius 2 is 1.62 bits per heavy atom. The maximum Gasteiger partial charge on any atom is 0.254 e. The first-order valence-electron chi connectivity index (χ1n) is 9.95. The third-order valence-corrected chi connectivity index (χ3v) is 5.64. The maximum absolute atomic E-state index is 12.8. The van der Waals surface area contributed by atoms with Crippen molar-refractivity contribution in [2.75, 3.05) is 46.9 Å². The van der Waals surface area contributed by atoms with Crippen LogP contribution in [0.2, 0.25) is 0 Å². The quantitative estimate of drug-likeness (QED) is 0.739. The van der Waals surface area contributed by atoms with E-state index in [2.05, 4.69) is 0 Å². The third kappa shape index (κ3) is 4.31. The molecule has 2 fully saturated rings. The Kier molecular flexibility index (Phi) is 6.30. The van der Waals surface area contributed by atoms with Crippen molar-refractivity contribution in [3.8, 4) is 11.5 Å². The fourth-order valence-corrected chi connectivity index (χ4v) is 3.94. The Bertz CT molecular complexity index is 787. The zero-order valence-electron chi connectivity index (χ0n) is 17.5. The molecule has 3 rings (SSSR count). The van der Waals surface area contributed by atoms with Crippen molar-refractivity contribution in [2.45, 2.75) is 26.3 Å². The lowest BCUT2D eigenvalue weighted by Crippen LogP contribution is -2.52. The molecule has 2 aliphatic rings. The van der Waals surface area contributed by atoms with Gasteiger partial charge in [-0.25, -0.2) is 0 Å². The molecule has 8 nitrogen and oxygen atoms in total. The zero-order chi connectivity index (χ0) is 21.1. The topological polar surface area (TPSA) is 79.4 Å². The molecule has 0 bridgehead atoms. The van der Waals surface area contributed by atoms with Gasteiger partial charge in [-0.2, -0.15) is 0 Å². The largest absolute Gasteiger partial charge is 0.493 e. The van der Waals surface area contributed by atoms with Crippen molar-refractivity contribution in [1.82, 2.24) is 14.7 Å². The van der Waals surface area contributed by atoms with Gasteiger partial charge in [0.1, 0.15) is 0 Å². The number of carbonyl (C=O) groups is 3. The minimum atomic E-state index is -0.280. The standard InChI is InChI=1S/C21H29N3O5/c1-14(2)24-13-16(12-19(24)25)21(27)23-9-7-22(8-10-23)20(26)15-5-6-17(28-3)18(11-15)29-4/h5-6,11,14,16H,7-10,12-13H2,1-4H3. The highest BCUT2D eigenvalue weighted by atomic mass is 16.5. The Hall–Kier alpha value is -2.77. The van der Waals surface area contributed by atoms with Crippen LogP contribution in [0.15, 0.2) is 18.2 Å². The van der Waals surface area contributed by atoms with Gasteiger partial charge in [0, 0.05) is 50.7 Å². The van der Waals surface area contributed by atoms with Crippen LogP contribution < -0.4 is 9.47 Å². The molecule has 1 aromatic rings. The van der Waals surface area contributed by atoms with Gasteiger partial charge < -0.3 is 24.2 Å². The second kappa shape index (κ2) is 8.71. The van der Waals surface area contributed by atoms with E-state index in [0.29, 0.717) is 49.8 Å². The minimum Gasteiger partial charge on any atom is -0.493 e. The molecule has 158 valence electrons. The molecule has 3 amide bonds. The average molecular weight is 403 g/mol. The summed E-state index contributed by atoms with van der Waals surface area (Å²) < 4.78 is 10.5. The van der Waals surface area contributed by atoms with E-state index in [0.717, 1.165) is 0 Å². The number of benzene rings is 1. The molecule has 0 radical (unpaired) electrons. The van der Waals surface area contributed by atoms with E-state index in [-0.39, 0.29) is 36.1 Å². The van der Waals surface area contributed by atoms with E-state index in [1.54, 1.807) is 40.0 Å². The number of nitrogens with zero attached hydrogens (tertiary/aromatic N) is 3. The molecule has 1 aromatic carbocycles. The molecule has 2 saturated heterocycles. The summed E-state index contributed by atoms with van der Waals surface area (Å²) in [4.78, 5) is 43.0. The van der Waals surface area contributed by atoms with Crippen molar-refractivity contribution in [3.05, 3.63) is 23.8 Å². The van der Waals surface area contributed by atoms with Gasteiger partial charge in [0.05, 0.1) is 20.1 Å². The SMILES string of the molecule is COc1ccc(C(=O)N2CCN(C(=O)C3CC(=O)N(C(C)C)C3)CC2)cc1OC. The third-order valence-electron chi connectivity index (χ3n) is 5.64. The van der Waals surface area contributed by atoms with Crippen molar-refractivity contribution in [3.63, 3.8) is 0 Å². The molecule has 0 aromatic heterocycles. The molecule has 2 aliphatic heterocycles. The number of piperazine rings is 1. The number of hydrogen-bond acceptors (Lipinski definition) is 5. The molecule has 0 spiro atoms. The van der Waals surface area contributed by atoms with Crippen LogP contribution in [0.3, 0.4) is 0 Å². The zero-order valence-corrected chi connectivity index (χ0v) is 17.5.